The van der Waals surface area contributed by atoms with Gasteiger partial charge in [-0.25, -0.2) is 13.9 Å². The second-order valence-corrected chi connectivity index (χ2v) is 6.31. The molecule has 0 aliphatic rings. The number of aromatic nitrogens is 2. The van der Waals surface area contributed by atoms with Crippen molar-refractivity contribution in [1.29, 1.82) is 0 Å². The zero-order valence-electron chi connectivity index (χ0n) is 15.8. The summed E-state index contributed by atoms with van der Waals surface area (Å²) in [5, 5.41) is 7.22. The Bertz CT molecular complexity index is 1030. The molecule has 1 aromatic heterocycles. The fourth-order valence-corrected chi connectivity index (χ4v) is 2.99. The summed E-state index contributed by atoms with van der Waals surface area (Å²) < 4.78 is 20.1. The second-order valence-electron chi connectivity index (χ2n) is 6.31. The summed E-state index contributed by atoms with van der Waals surface area (Å²) in [5.41, 5.74) is 3.44. The van der Waals surface area contributed by atoms with Gasteiger partial charge in [-0.05, 0) is 44.2 Å². The van der Waals surface area contributed by atoms with Crippen LogP contribution in [0.15, 0.2) is 48.5 Å². The molecule has 144 valence electrons. The van der Waals surface area contributed by atoms with Gasteiger partial charge in [0.2, 0.25) is 5.91 Å². The number of esters is 1. The van der Waals surface area contributed by atoms with E-state index in [1.807, 2.05) is 44.2 Å². The molecule has 2 aromatic carbocycles. The Hall–Kier alpha value is -3.48. The summed E-state index contributed by atoms with van der Waals surface area (Å²) in [7, 11) is 1.17. The van der Waals surface area contributed by atoms with Crippen molar-refractivity contribution in [2.24, 2.45) is 0 Å². The van der Waals surface area contributed by atoms with Gasteiger partial charge in [-0.1, -0.05) is 18.2 Å². The molecule has 1 N–H and O–H groups in total. The van der Waals surface area contributed by atoms with E-state index in [9.17, 15) is 14.0 Å². The summed E-state index contributed by atoms with van der Waals surface area (Å²) in [6, 6.07) is 13.4. The fourth-order valence-electron chi connectivity index (χ4n) is 2.99. The van der Waals surface area contributed by atoms with Crippen LogP contribution in [0.4, 0.5) is 10.1 Å². The Morgan fingerprint density at radius 2 is 1.86 bits per heavy atom. The lowest BCUT2D eigenvalue weighted by Crippen LogP contribution is -2.16. The van der Waals surface area contributed by atoms with Crippen LogP contribution in [-0.2, 0) is 16.0 Å². The molecule has 1 amide bonds. The first-order valence-corrected chi connectivity index (χ1v) is 8.69. The molecule has 0 saturated carbocycles. The Morgan fingerprint density at radius 3 is 2.54 bits per heavy atom. The number of carbonyl (C=O) groups excluding carboxylic acids is 2. The number of aryl methyl sites for hydroxylation is 1. The molecule has 0 unspecified atom stereocenters. The number of ether oxygens (including phenoxy) is 1. The SMILES string of the molecule is COC(=O)c1cc(NC(=O)Cc2c(C)nn(-c3ccccc3)c2C)ccc1F. The number of carbonyl (C=O) groups is 2. The Kier molecular flexibility index (Phi) is 5.54. The lowest BCUT2D eigenvalue weighted by atomic mass is 10.1. The molecule has 0 fully saturated rings. The average Bonchev–Trinajstić information content (AvgIpc) is 2.97. The number of para-hydroxylation sites is 1. The Labute approximate surface area is 161 Å². The van der Waals surface area contributed by atoms with Crippen LogP contribution in [0, 0.1) is 19.7 Å². The van der Waals surface area contributed by atoms with Crippen molar-refractivity contribution in [1.82, 2.24) is 9.78 Å². The number of amides is 1. The number of halogens is 1. The van der Waals surface area contributed by atoms with Gasteiger partial charge in [-0.2, -0.15) is 5.10 Å². The molecule has 28 heavy (non-hydrogen) atoms. The van der Waals surface area contributed by atoms with E-state index >= 15 is 0 Å². The largest absolute Gasteiger partial charge is 0.465 e. The van der Waals surface area contributed by atoms with Crippen molar-refractivity contribution in [2.45, 2.75) is 20.3 Å². The van der Waals surface area contributed by atoms with Crippen LogP contribution in [-0.4, -0.2) is 28.8 Å². The zero-order valence-corrected chi connectivity index (χ0v) is 15.8. The van der Waals surface area contributed by atoms with Crippen molar-refractivity contribution < 1.29 is 18.7 Å². The minimum absolute atomic E-state index is 0.107. The summed E-state index contributed by atoms with van der Waals surface area (Å²) in [6.07, 6.45) is 0.107. The molecule has 0 spiro atoms. The molecule has 0 aliphatic heterocycles. The highest BCUT2D eigenvalue weighted by atomic mass is 19.1. The molecule has 0 radical (unpaired) electrons. The number of rotatable bonds is 5. The molecule has 0 bridgehead atoms. The summed E-state index contributed by atoms with van der Waals surface area (Å²) in [4.78, 5) is 24.1. The third-order valence-corrected chi connectivity index (χ3v) is 4.43. The first kappa shape index (κ1) is 19.3. The van der Waals surface area contributed by atoms with Crippen LogP contribution in [0.2, 0.25) is 0 Å². The molecule has 0 aliphatic carbocycles. The minimum atomic E-state index is -0.801. The Morgan fingerprint density at radius 1 is 1.14 bits per heavy atom. The highest BCUT2D eigenvalue weighted by molar-refractivity contribution is 5.95. The van der Waals surface area contributed by atoms with Crippen molar-refractivity contribution >= 4 is 17.6 Å². The van der Waals surface area contributed by atoms with Crippen molar-refractivity contribution in [2.75, 3.05) is 12.4 Å². The van der Waals surface area contributed by atoms with E-state index in [4.69, 9.17) is 0 Å². The lowest BCUT2D eigenvalue weighted by Gasteiger charge is -2.08. The maximum absolute atomic E-state index is 13.7. The van der Waals surface area contributed by atoms with Gasteiger partial charge in [-0.15, -0.1) is 0 Å². The van der Waals surface area contributed by atoms with Crippen LogP contribution in [0.3, 0.4) is 0 Å². The van der Waals surface area contributed by atoms with E-state index in [-0.39, 0.29) is 17.9 Å². The third kappa shape index (κ3) is 3.93. The van der Waals surface area contributed by atoms with Crippen LogP contribution in [0.5, 0.6) is 0 Å². The van der Waals surface area contributed by atoms with Gasteiger partial charge in [-0.3, -0.25) is 4.79 Å². The Balaban J connectivity index is 1.79. The number of nitrogens with zero attached hydrogens (tertiary/aromatic N) is 2. The molecule has 1 heterocycles. The van der Waals surface area contributed by atoms with Gasteiger partial charge in [0.15, 0.2) is 0 Å². The van der Waals surface area contributed by atoms with Crippen molar-refractivity contribution in [3.8, 4) is 5.69 Å². The third-order valence-electron chi connectivity index (χ3n) is 4.43. The molecular weight excluding hydrogens is 361 g/mol. The fraction of sp³-hybridized carbons (Fsp3) is 0.190. The zero-order chi connectivity index (χ0) is 20.3. The first-order valence-electron chi connectivity index (χ1n) is 8.69. The van der Waals surface area contributed by atoms with Crippen LogP contribution >= 0.6 is 0 Å². The second kappa shape index (κ2) is 8.04. The van der Waals surface area contributed by atoms with E-state index in [1.165, 1.54) is 19.2 Å². The van der Waals surface area contributed by atoms with Gasteiger partial charge in [0.05, 0.1) is 30.5 Å². The van der Waals surface area contributed by atoms with Crippen molar-refractivity contribution in [3.63, 3.8) is 0 Å². The van der Waals surface area contributed by atoms with Gasteiger partial charge >= 0.3 is 5.97 Å². The number of anilines is 1. The van der Waals surface area contributed by atoms with E-state index in [0.29, 0.717) is 5.69 Å². The summed E-state index contributed by atoms with van der Waals surface area (Å²) in [6.45, 7) is 3.76. The molecule has 3 rings (SSSR count). The maximum atomic E-state index is 13.7. The monoisotopic (exact) mass is 381 g/mol. The molecule has 7 heteroatoms. The topological polar surface area (TPSA) is 73.2 Å². The van der Waals surface area contributed by atoms with Crippen LogP contribution < -0.4 is 5.32 Å². The normalized spacial score (nSPS) is 10.6. The smallest absolute Gasteiger partial charge is 0.340 e. The molecule has 6 nitrogen and oxygen atoms in total. The van der Waals surface area contributed by atoms with Gasteiger partial charge in [0, 0.05) is 16.9 Å². The lowest BCUT2D eigenvalue weighted by molar-refractivity contribution is -0.115. The predicted octanol–water partition coefficient (Wildman–Crippen LogP) is 3.60. The molecular formula is C21H20FN3O3. The highest BCUT2D eigenvalue weighted by Crippen LogP contribution is 2.20. The maximum Gasteiger partial charge on any atom is 0.340 e. The van der Waals surface area contributed by atoms with E-state index < -0.39 is 11.8 Å². The summed E-state index contributed by atoms with van der Waals surface area (Å²) in [5.74, 6) is -1.80. The molecule has 0 saturated heterocycles. The average molecular weight is 381 g/mol. The van der Waals surface area contributed by atoms with Gasteiger partial charge < -0.3 is 10.1 Å². The van der Waals surface area contributed by atoms with Crippen LogP contribution in [0.1, 0.15) is 27.3 Å². The number of benzene rings is 2. The van der Waals surface area contributed by atoms with Crippen LogP contribution in [0.25, 0.3) is 5.69 Å². The van der Waals surface area contributed by atoms with E-state index in [0.717, 1.165) is 28.7 Å². The number of hydrogen-bond donors (Lipinski definition) is 1. The van der Waals surface area contributed by atoms with E-state index in [1.54, 1.807) is 4.68 Å². The number of nitrogens with one attached hydrogen (secondary N) is 1. The first-order chi connectivity index (χ1) is 13.4. The molecule has 3 aromatic rings. The van der Waals surface area contributed by atoms with Gasteiger partial charge in [0.1, 0.15) is 5.82 Å². The van der Waals surface area contributed by atoms with Gasteiger partial charge in [0.25, 0.3) is 0 Å². The molecule has 0 atom stereocenters. The number of methoxy groups -OCH3 is 1. The van der Waals surface area contributed by atoms with Crippen molar-refractivity contribution in [3.05, 3.63) is 76.9 Å². The summed E-state index contributed by atoms with van der Waals surface area (Å²) >= 11 is 0. The highest BCUT2D eigenvalue weighted by Gasteiger charge is 2.17. The minimum Gasteiger partial charge on any atom is -0.465 e. The number of hydrogen-bond acceptors (Lipinski definition) is 4. The van der Waals surface area contributed by atoms with E-state index in [2.05, 4.69) is 15.2 Å². The standard InChI is InChI=1S/C21H20FN3O3/c1-13-17(14(2)25(24-13)16-7-5-4-6-8-16)12-20(26)23-15-9-10-19(22)18(11-15)21(27)28-3/h4-11H,12H2,1-3H3,(H,23,26). The quantitative estimate of drug-likeness (QED) is 0.686. The predicted molar refractivity (Wildman–Crippen MR) is 103 cm³/mol.